The highest BCUT2D eigenvalue weighted by atomic mass is 28.3. The molecule has 1 N–H and O–H groups in total. The lowest BCUT2D eigenvalue weighted by Gasteiger charge is -2.31. The van der Waals surface area contributed by atoms with E-state index in [1.165, 1.54) is 0 Å². The zero-order valence-corrected chi connectivity index (χ0v) is 22.3. The Morgan fingerprint density at radius 3 is 2.78 bits per heavy atom. The van der Waals surface area contributed by atoms with Crippen LogP contribution in [0.15, 0.2) is 55.0 Å². The third-order valence-electron chi connectivity index (χ3n) is 6.50. The summed E-state index contributed by atoms with van der Waals surface area (Å²) in [6.07, 6.45) is 6.92. The van der Waals surface area contributed by atoms with Crippen molar-refractivity contribution >= 4 is 24.8 Å². The molecule has 5 rings (SSSR count). The molecule has 4 aromatic heterocycles. The van der Waals surface area contributed by atoms with Crippen molar-refractivity contribution in [2.45, 2.75) is 51.4 Å². The fourth-order valence-corrected chi connectivity index (χ4v) is 5.21. The second-order valence-electron chi connectivity index (χ2n) is 10.6. The van der Waals surface area contributed by atoms with Gasteiger partial charge in [0.15, 0.2) is 0 Å². The number of aliphatic hydroxyl groups excluding tert-OH is 1. The molecule has 188 valence electrons. The number of fused-ring (bicyclic) bond motifs is 1. The van der Waals surface area contributed by atoms with Gasteiger partial charge in [0, 0.05) is 51.1 Å². The van der Waals surface area contributed by atoms with Crippen molar-refractivity contribution < 1.29 is 9.84 Å². The minimum atomic E-state index is -1.17. The molecule has 0 aromatic carbocycles. The van der Waals surface area contributed by atoms with Crippen molar-refractivity contribution in [1.82, 2.24) is 24.7 Å². The third kappa shape index (κ3) is 5.64. The molecule has 1 aliphatic rings. The predicted octanol–water partition coefficient (Wildman–Crippen LogP) is 4.83. The molecule has 36 heavy (non-hydrogen) atoms. The van der Waals surface area contributed by atoms with Crippen molar-refractivity contribution in [1.29, 1.82) is 0 Å². The molecule has 8 nitrogen and oxygen atoms in total. The molecule has 9 heteroatoms. The number of anilines is 1. The summed E-state index contributed by atoms with van der Waals surface area (Å²) in [6.45, 7) is 9.63. The molecule has 1 aliphatic heterocycles. The Hall–Kier alpha value is -3.14. The molecule has 1 saturated heterocycles. The topological polar surface area (TPSA) is 89.2 Å². The first-order chi connectivity index (χ1) is 17.4. The zero-order valence-electron chi connectivity index (χ0n) is 21.3. The van der Waals surface area contributed by atoms with E-state index in [1.807, 2.05) is 47.4 Å². The minimum absolute atomic E-state index is 0.314. The standard InChI is InChI=1S/C27H34N6O2Si/c1-36(2,3)14-13-35-19-33-25-17-29-24(20-7-5-11-28-16-20)15-22(25)27(31-33)23-9-4-10-26(30-23)32-12-6-8-21(34)18-32/h4-5,7,9-11,15-17,21,34H,6,8,12-14,18-19H2,1-3H3. The number of aliphatic hydroxyl groups is 1. The second kappa shape index (κ2) is 10.5. The van der Waals surface area contributed by atoms with Crippen LogP contribution in [0.2, 0.25) is 25.7 Å². The van der Waals surface area contributed by atoms with Gasteiger partial charge in [0.2, 0.25) is 0 Å². The molecule has 0 radical (unpaired) electrons. The molecule has 0 amide bonds. The Kier molecular flexibility index (Phi) is 7.13. The van der Waals surface area contributed by atoms with Gasteiger partial charge >= 0.3 is 0 Å². The monoisotopic (exact) mass is 502 g/mol. The van der Waals surface area contributed by atoms with Crippen LogP contribution >= 0.6 is 0 Å². The van der Waals surface area contributed by atoms with Gasteiger partial charge in [0.05, 0.1) is 29.2 Å². The number of pyridine rings is 3. The lowest BCUT2D eigenvalue weighted by Crippen LogP contribution is -2.38. The quantitative estimate of drug-likeness (QED) is 0.273. The van der Waals surface area contributed by atoms with E-state index in [1.54, 1.807) is 6.20 Å². The number of β-amino-alcohol motifs (C(OH)–C–C–N with tert-alkyl or cyclic N) is 1. The van der Waals surface area contributed by atoms with Crippen LogP contribution in [-0.4, -0.2) is 63.7 Å². The van der Waals surface area contributed by atoms with E-state index < -0.39 is 8.07 Å². The Balaban J connectivity index is 1.52. The van der Waals surface area contributed by atoms with E-state index in [0.717, 1.165) is 71.4 Å². The summed E-state index contributed by atoms with van der Waals surface area (Å²) in [5, 5.41) is 16.1. The SMILES string of the molecule is C[Si](C)(C)CCOCn1nc(-c2cccc(N3CCCC(O)C3)n2)c2cc(-c3cccnc3)ncc21. The van der Waals surface area contributed by atoms with E-state index in [4.69, 9.17) is 19.8 Å². The van der Waals surface area contributed by atoms with E-state index in [9.17, 15) is 5.11 Å². The van der Waals surface area contributed by atoms with Crippen LogP contribution in [0, 0.1) is 0 Å². The number of hydrogen-bond donors (Lipinski definition) is 1. The molecular weight excluding hydrogens is 468 g/mol. The lowest BCUT2D eigenvalue weighted by atomic mass is 10.1. The zero-order chi connectivity index (χ0) is 25.1. The molecule has 0 spiro atoms. The fourth-order valence-electron chi connectivity index (χ4n) is 4.46. The molecular formula is C27H34N6O2Si. The first-order valence-electron chi connectivity index (χ1n) is 12.6. The van der Waals surface area contributed by atoms with Gasteiger partial charge < -0.3 is 14.7 Å². The Labute approximate surface area is 213 Å². The summed E-state index contributed by atoms with van der Waals surface area (Å²) in [7, 11) is -1.17. The van der Waals surface area contributed by atoms with Gasteiger partial charge in [0.25, 0.3) is 0 Å². The van der Waals surface area contributed by atoms with Crippen LogP contribution in [0.25, 0.3) is 33.5 Å². The van der Waals surface area contributed by atoms with Gasteiger partial charge in [-0.15, -0.1) is 0 Å². The van der Waals surface area contributed by atoms with E-state index in [2.05, 4.69) is 35.6 Å². The molecule has 1 fully saturated rings. The molecule has 0 saturated carbocycles. The maximum Gasteiger partial charge on any atom is 0.140 e. The van der Waals surface area contributed by atoms with Gasteiger partial charge in [-0.2, -0.15) is 5.10 Å². The summed E-state index contributed by atoms with van der Waals surface area (Å²) in [6, 6.07) is 13.1. The van der Waals surface area contributed by atoms with Crippen molar-refractivity contribution in [3.8, 4) is 22.6 Å². The van der Waals surface area contributed by atoms with Gasteiger partial charge in [-0.25, -0.2) is 9.67 Å². The highest BCUT2D eigenvalue weighted by Gasteiger charge is 2.21. The predicted molar refractivity (Wildman–Crippen MR) is 146 cm³/mol. The summed E-state index contributed by atoms with van der Waals surface area (Å²) in [4.78, 5) is 16.1. The molecule has 0 bridgehead atoms. The highest BCUT2D eigenvalue weighted by Crippen LogP contribution is 2.31. The van der Waals surface area contributed by atoms with Gasteiger partial charge in [-0.1, -0.05) is 25.7 Å². The van der Waals surface area contributed by atoms with Crippen molar-refractivity contribution in [3.05, 3.63) is 55.0 Å². The lowest BCUT2D eigenvalue weighted by molar-refractivity contribution is 0.0818. The van der Waals surface area contributed by atoms with Crippen LogP contribution in [0.3, 0.4) is 0 Å². The normalized spacial score (nSPS) is 16.6. The summed E-state index contributed by atoms with van der Waals surface area (Å²) in [5.74, 6) is 0.863. The number of rotatable bonds is 8. The number of nitrogens with zero attached hydrogens (tertiary/aromatic N) is 6. The smallest absolute Gasteiger partial charge is 0.140 e. The minimum Gasteiger partial charge on any atom is -0.391 e. The van der Waals surface area contributed by atoms with Crippen molar-refractivity contribution in [2.24, 2.45) is 0 Å². The first kappa shape index (κ1) is 24.5. The molecule has 5 heterocycles. The number of piperidine rings is 1. The molecule has 0 aliphatic carbocycles. The number of aromatic nitrogens is 5. The largest absolute Gasteiger partial charge is 0.391 e. The maximum atomic E-state index is 10.2. The number of ether oxygens (including phenoxy) is 1. The van der Waals surface area contributed by atoms with Crippen LogP contribution in [0.5, 0.6) is 0 Å². The summed E-state index contributed by atoms with van der Waals surface area (Å²) < 4.78 is 7.92. The molecule has 1 unspecified atom stereocenters. The highest BCUT2D eigenvalue weighted by molar-refractivity contribution is 6.76. The molecule has 4 aromatic rings. The molecule has 1 atom stereocenters. The van der Waals surface area contributed by atoms with Gasteiger partial charge in [0.1, 0.15) is 18.2 Å². The van der Waals surface area contributed by atoms with E-state index in [0.29, 0.717) is 13.3 Å². The van der Waals surface area contributed by atoms with E-state index >= 15 is 0 Å². The van der Waals surface area contributed by atoms with Crippen LogP contribution in [0.1, 0.15) is 12.8 Å². The second-order valence-corrected chi connectivity index (χ2v) is 16.3. The van der Waals surface area contributed by atoms with Gasteiger partial charge in [-0.3, -0.25) is 9.97 Å². The van der Waals surface area contributed by atoms with Crippen LogP contribution in [-0.2, 0) is 11.5 Å². The fraction of sp³-hybridized carbons (Fsp3) is 0.407. The maximum absolute atomic E-state index is 10.2. The summed E-state index contributed by atoms with van der Waals surface area (Å²) in [5.41, 5.74) is 4.29. The average Bonchev–Trinajstić information content (AvgIpc) is 3.24. The number of hydrogen-bond acceptors (Lipinski definition) is 7. The van der Waals surface area contributed by atoms with Crippen LogP contribution < -0.4 is 4.90 Å². The first-order valence-corrected chi connectivity index (χ1v) is 16.3. The summed E-state index contributed by atoms with van der Waals surface area (Å²) >= 11 is 0. The van der Waals surface area contributed by atoms with Crippen LogP contribution in [0.4, 0.5) is 5.82 Å². The Morgan fingerprint density at radius 2 is 2.00 bits per heavy atom. The Morgan fingerprint density at radius 1 is 1.11 bits per heavy atom. The van der Waals surface area contributed by atoms with E-state index in [-0.39, 0.29) is 6.10 Å². The van der Waals surface area contributed by atoms with Crippen molar-refractivity contribution in [3.63, 3.8) is 0 Å². The Bertz CT molecular complexity index is 1320. The van der Waals surface area contributed by atoms with Crippen molar-refractivity contribution in [2.75, 3.05) is 24.6 Å². The third-order valence-corrected chi connectivity index (χ3v) is 8.21. The average molecular weight is 503 g/mol. The van der Waals surface area contributed by atoms with Gasteiger partial charge in [-0.05, 0) is 49.2 Å².